The fourth-order valence-corrected chi connectivity index (χ4v) is 9.06. The molecular formula is C24H8F6S4. The molecular weight excluding hydrogens is 531 g/mol. The molecule has 0 unspecified atom stereocenters. The maximum absolute atomic E-state index is 14.4. The lowest BCUT2D eigenvalue weighted by atomic mass is 9.95. The second-order valence-corrected chi connectivity index (χ2v) is 11.9. The third-order valence-electron chi connectivity index (χ3n) is 6.09. The number of rotatable bonds is 0. The Kier molecular flexibility index (Phi) is 4.08. The van der Waals surface area contributed by atoms with E-state index in [4.69, 9.17) is 0 Å². The van der Waals surface area contributed by atoms with E-state index in [0.717, 1.165) is 42.8 Å². The molecule has 4 heterocycles. The van der Waals surface area contributed by atoms with Gasteiger partial charge in [-0.3, -0.25) is 0 Å². The predicted octanol–water partition coefficient (Wildman–Crippen LogP) is 10.9. The van der Waals surface area contributed by atoms with Crippen molar-refractivity contribution < 1.29 is 26.3 Å². The molecule has 170 valence electrons. The Hall–Kier alpha value is -2.40. The van der Waals surface area contributed by atoms with Crippen molar-refractivity contribution in [3.05, 3.63) is 58.3 Å². The summed E-state index contributed by atoms with van der Waals surface area (Å²) < 4.78 is 88.5. The normalized spacial score (nSPS) is 13.6. The number of hydrogen-bond acceptors (Lipinski definition) is 4. The lowest BCUT2D eigenvalue weighted by molar-refractivity contribution is -0.159. The molecule has 0 saturated carbocycles. The fourth-order valence-electron chi connectivity index (χ4n) is 4.88. The van der Waals surface area contributed by atoms with Crippen molar-refractivity contribution in [2.45, 2.75) is 12.4 Å². The summed E-state index contributed by atoms with van der Waals surface area (Å²) in [5.41, 5.74) is -3.17. The minimum Gasteiger partial charge on any atom is -0.166 e. The lowest BCUT2D eigenvalue weighted by Gasteiger charge is -2.18. The zero-order valence-corrected chi connectivity index (χ0v) is 19.8. The molecule has 7 aromatic rings. The first-order valence-corrected chi connectivity index (χ1v) is 13.3. The van der Waals surface area contributed by atoms with E-state index in [0.29, 0.717) is 20.2 Å². The van der Waals surface area contributed by atoms with Gasteiger partial charge >= 0.3 is 12.4 Å². The van der Waals surface area contributed by atoms with Crippen LogP contribution in [0.2, 0.25) is 0 Å². The van der Waals surface area contributed by atoms with Crippen LogP contribution in [0.4, 0.5) is 26.3 Å². The third kappa shape index (κ3) is 2.65. The van der Waals surface area contributed by atoms with Crippen LogP contribution in [-0.4, -0.2) is 0 Å². The topological polar surface area (TPSA) is 0 Å². The largest absolute Gasteiger partial charge is 0.418 e. The zero-order valence-electron chi connectivity index (χ0n) is 16.5. The van der Waals surface area contributed by atoms with Gasteiger partial charge in [0, 0.05) is 60.5 Å². The van der Waals surface area contributed by atoms with Gasteiger partial charge in [-0.15, -0.1) is 45.3 Å². The van der Waals surface area contributed by atoms with E-state index < -0.39 is 23.5 Å². The predicted molar refractivity (Wildman–Crippen MR) is 133 cm³/mol. The van der Waals surface area contributed by atoms with Gasteiger partial charge in [-0.2, -0.15) is 26.3 Å². The zero-order chi connectivity index (χ0) is 23.6. The molecule has 0 aliphatic carbocycles. The third-order valence-corrected chi connectivity index (χ3v) is 10.2. The quantitative estimate of drug-likeness (QED) is 0.169. The fraction of sp³-hybridized carbons (Fsp3) is 0.0833. The van der Waals surface area contributed by atoms with E-state index in [9.17, 15) is 26.3 Å². The van der Waals surface area contributed by atoms with Crippen LogP contribution in [-0.2, 0) is 12.4 Å². The van der Waals surface area contributed by atoms with Crippen LogP contribution in [0.1, 0.15) is 11.1 Å². The standard InChI is InChI=1S/C24H8F6S4/c25-23(26,27)19-20(24(28,29)30)22-18(16-10-6-8-32-12(10)2-4-14(16)34-22)17-15-9-5-7-31-11(9)1-3-13(15)33-21(17)19/h1-8H. The van der Waals surface area contributed by atoms with Gasteiger partial charge in [-0.1, -0.05) is 0 Å². The molecule has 0 fully saturated rings. The number of thiophene rings is 4. The first-order valence-electron chi connectivity index (χ1n) is 9.90. The summed E-state index contributed by atoms with van der Waals surface area (Å²) in [4.78, 5) is 0. The summed E-state index contributed by atoms with van der Waals surface area (Å²) in [5.74, 6) is 0. The highest BCUT2D eigenvalue weighted by atomic mass is 32.1. The maximum Gasteiger partial charge on any atom is 0.418 e. The van der Waals surface area contributed by atoms with Gasteiger partial charge in [0.25, 0.3) is 0 Å². The molecule has 0 atom stereocenters. The van der Waals surface area contributed by atoms with Crippen molar-refractivity contribution in [3.63, 3.8) is 0 Å². The van der Waals surface area contributed by atoms with Crippen LogP contribution in [0.15, 0.2) is 47.2 Å². The number of halogens is 6. The van der Waals surface area contributed by atoms with Gasteiger partial charge in [0.2, 0.25) is 0 Å². The average molecular weight is 539 g/mol. The number of fused-ring (bicyclic) bond motifs is 11. The summed E-state index contributed by atoms with van der Waals surface area (Å²) in [6.45, 7) is 0. The molecule has 0 saturated heterocycles. The van der Waals surface area contributed by atoms with E-state index in [1.807, 2.05) is 35.0 Å². The van der Waals surface area contributed by atoms with Crippen LogP contribution < -0.4 is 0 Å². The molecule has 0 aliphatic heterocycles. The van der Waals surface area contributed by atoms with E-state index in [-0.39, 0.29) is 20.2 Å². The van der Waals surface area contributed by atoms with Gasteiger partial charge in [-0.05, 0) is 47.2 Å². The number of hydrogen-bond donors (Lipinski definition) is 0. The average Bonchev–Trinajstić information content (AvgIpc) is 3.51. The van der Waals surface area contributed by atoms with Gasteiger partial charge in [-0.25, -0.2) is 0 Å². The highest BCUT2D eigenvalue weighted by Crippen LogP contribution is 2.57. The van der Waals surface area contributed by atoms with E-state index in [2.05, 4.69) is 0 Å². The Morgan fingerprint density at radius 3 is 1.24 bits per heavy atom. The molecule has 10 heteroatoms. The molecule has 0 bridgehead atoms. The van der Waals surface area contributed by atoms with Crippen molar-refractivity contribution in [1.82, 2.24) is 0 Å². The summed E-state index contributed by atoms with van der Waals surface area (Å²) in [6, 6.07) is 10.7. The Balaban J connectivity index is 1.92. The molecule has 0 radical (unpaired) electrons. The van der Waals surface area contributed by atoms with Crippen molar-refractivity contribution in [3.8, 4) is 0 Å². The summed E-state index contributed by atoms with van der Waals surface area (Å²) >= 11 is 4.49. The number of alkyl halides is 6. The smallest absolute Gasteiger partial charge is 0.166 e. The van der Waals surface area contributed by atoms with Crippen molar-refractivity contribution in [2.75, 3.05) is 0 Å². The molecule has 0 aliphatic rings. The van der Waals surface area contributed by atoms with Gasteiger partial charge in [0.1, 0.15) is 0 Å². The van der Waals surface area contributed by atoms with Crippen molar-refractivity contribution in [2.24, 2.45) is 0 Å². The Bertz CT molecular complexity index is 1800. The second kappa shape index (κ2) is 6.63. The summed E-state index contributed by atoms with van der Waals surface area (Å²) in [5, 5.41) is 6.95. The lowest BCUT2D eigenvalue weighted by Crippen LogP contribution is -2.17. The summed E-state index contributed by atoms with van der Waals surface area (Å²) in [7, 11) is 0. The molecule has 7 rings (SSSR count). The second-order valence-electron chi connectivity index (χ2n) is 7.90. The van der Waals surface area contributed by atoms with Crippen LogP contribution in [0, 0.1) is 0 Å². The van der Waals surface area contributed by atoms with Crippen molar-refractivity contribution >= 4 is 106 Å². The summed E-state index contributed by atoms with van der Waals surface area (Å²) in [6.07, 6.45) is -10.3. The van der Waals surface area contributed by atoms with Gasteiger partial charge in [0.05, 0.1) is 11.1 Å². The van der Waals surface area contributed by atoms with Crippen LogP contribution in [0.3, 0.4) is 0 Å². The van der Waals surface area contributed by atoms with E-state index >= 15 is 0 Å². The first-order chi connectivity index (χ1) is 16.1. The van der Waals surface area contributed by atoms with Crippen LogP contribution >= 0.6 is 45.3 Å². The van der Waals surface area contributed by atoms with Gasteiger partial charge in [0.15, 0.2) is 0 Å². The van der Waals surface area contributed by atoms with E-state index in [1.165, 1.54) is 22.7 Å². The Labute approximate surface area is 202 Å². The molecule has 0 N–H and O–H groups in total. The first kappa shape index (κ1) is 20.9. The highest BCUT2D eigenvalue weighted by molar-refractivity contribution is 7.29. The Morgan fingerprint density at radius 1 is 0.471 bits per heavy atom. The molecule has 0 amide bonds. The SMILES string of the molecule is FC(F)(F)c1c(C(F)(F)F)c2sc3ccc4sccc4c3c2c2c1sc1ccc3sccc3c12. The molecule has 0 spiro atoms. The van der Waals surface area contributed by atoms with Gasteiger partial charge < -0.3 is 0 Å². The molecule has 0 nitrogen and oxygen atoms in total. The maximum atomic E-state index is 14.4. The van der Waals surface area contributed by atoms with Crippen LogP contribution in [0.25, 0.3) is 60.5 Å². The monoisotopic (exact) mass is 538 g/mol. The minimum atomic E-state index is -5.17. The highest BCUT2D eigenvalue weighted by Gasteiger charge is 2.47. The van der Waals surface area contributed by atoms with E-state index in [1.54, 1.807) is 12.1 Å². The molecule has 3 aromatic carbocycles. The minimum absolute atomic E-state index is 0.268. The van der Waals surface area contributed by atoms with Crippen LogP contribution in [0.5, 0.6) is 0 Å². The molecule has 34 heavy (non-hydrogen) atoms. The van der Waals surface area contributed by atoms with Crippen molar-refractivity contribution in [1.29, 1.82) is 0 Å². The number of benzene rings is 3. The molecule has 4 aromatic heterocycles. The Morgan fingerprint density at radius 2 is 0.853 bits per heavy atom.